The third-order valence-corrected chi connectivity index (χ3v) is 5.24. The fourth-order valence-electron chi connectivity index (χ4n) is 3.59. The normalized spacial score (nSPS) is 13.4. The van der Waals surface area contributed by atoms with E-state index in [4.69, 9.17) is 0 Å². The Morgan fingerprint density at radius 3 is 2.19 bits per heavy atom. The van der Waals surface area contributed by atoms with Gasteiger partial charge in [0.2, 0.25) is 0 Å². The third kappa shape index (κ3) is 5.57. The molecule has 3 rings (SSSR count). The van der Waals surface area contributed by atoms with Crippen LogP contribution in [0.25, 0.3) is 0 Å². The summed E-state index contributed by atoms with van der Waals surface area (Å²) in [6.07, 6.45) is 4.66. The quantitative estimate of drug-likeness (QED) is 0.681. The summed E-state index contributed by atoms with van der Waals surface area (Å²) >= 11 is 0. The molecule has 0 fully saturated rings. The van der Waals surface area contributed by atoms with Gasteiger partial charge in [-0.25, -0.2) is 0 Å². The van der Waals surface area contributed by atoms with E-state index in [1.54, 1.807) is 0 Å². The number of hydrogen-bond acceptors (Lipinski definition) is 3. The highest BCUT2D eigenvalue weighted by Crippen LogP contribution is 2.22. The van der Waals surface area contributed by atoms with E-state index < -0.39 is 0 Å². The first-order valence-electron chi connectivity index (χ1n) is 9.98. The summed E-state index contributed by atoms with van der Waals surface area (Å²) in [4.78, 5) is 16.7. The van der Waals surface area contributed by atoms with E-state index in [0.717, 1.165) is 37.3 Å². The molecule has 0 aliphatic carbocycles. The number of benzene rings is 2. The van der Waals surface area contributed by atoms with E-state index in [9.17, 15) is 4.79 Å². The van der Waals surface area contributed by atoms with Gasteiger partial charge in [0.05, 0.1) is 0 Å². The monoisotopic (exact) mass is 365 g/mol. The van der Waals surface area contributed by atoms with Crippen molar-refractivity contribution in [1.82, 2.24) is 10.2 Å². The molecular weight excluding hydrogens is 334 g/mol. The fraction of sp³-hybridized carbons (Fsp3) is 0.435. The molecule has 0 saturated heterocycles. The molecule has 0 radical (unpaired) electrons. The van der Waals surface area contributed by atoms with Crippen LogP contribution in [0, 0.1) is 0 Å². The Labute approximate surface area is 163 Å². The van der Waals surface area contributed by atoms with Crippen LogP contribution in [0.3, 0.4) is 0 Å². The maximum atomic E-state index is 12.2. The lowest BCUT2D eigenvalue weighted by molar-refractivity contribution is 0.0953. The molecule has 1 aliphatic heterocycles. The molecule has 0 saturated carbocycles. The summed E-state index contributed by atoms with van der Waals surface area (Å²) in [5.41, 5.74) is 4.81. The van der Waals surface area contributed by atoms with Gasteiger partial charge >= 0.3 is 0 Å². The number of fused-ring (bicyclic) bond motifs is 1. The summed E-state index contributed by atoms with van der Waals surface area (Å²) in [6, 6.07) is 16.5. The van der Waals surface area contributed by atoms with E-state index in [2.05, 4.69) is 34.5 Å². The highest BCUT2D eigenvalue weighted by Gasteiger charge is 2.17. The van der Waals surface area contributed by atoms with Crippen molar-refractivity contribution >= 4 is 11.6 Å². The Bertz CT molecular complexity index is 715. The van der Waals surface area contributed by atoms with Crippen molar-refractivity contribution in [2.45, 2.75) is 38.8 Å². The van der Waals surface area contributed by atoms with E-state index in [0.29, 0.717) is 0 Å². The second-order valence-corrected chi connectivity index (χ2v) is 7.59. The van der Waals surface area contributed by atoms with Crippen molar-refractivity contribution in [3.63, 3.8) is 0 Å². The average Bonchev–Trinajstić information content (AvgIpc) is 3.10. The smallest absolute Gasteiger partial charge is 0.251 e. The summed E-state index contributed by atoms with van der Waals surface area (Å²) < 4.78 is 0. The first kappa shape index (κ1) is 19.4. The lowest BCUT2D eigenvalue weighted by atomic mass is 10.1. The number of unbranched alkanes of at least 4 members (excludes halogenated alkanes) is 3. The van der Waals surface area contributed by atoms with Crippen LogP contribution in [0.15, 0.2) is 48.5 Å². The van der Waals surface area contributed by atoms with Crippen molar-refractivity contribution in [3.8, 4) is 0 Å². The van der Waals surface area contributed by atoms with Gasteiger partial charge in [-0.1, -0.05) is 37.1 Å². The third-order valence-electron chi connectivity index (χ3n) is 5.24. The standard InChI is InChI=1S/C23H31N3O/c1-25(2)22-13-11-19(12-14-22)23(27)24-15-7-3-4-8-16-26-17-20-9-5-6-10-21(20)18-26/h5-6,9-14H,3-4,7-8,15-18H2,1-2H3,(H,24,27). The van der Waals surface area contributed by atoms with Gasteiger partial charge in [-0.15, -0.1) is 0 Å². The number of amides is 1. The van der Waals surface area contributed by atoms with E-state index in [-0.39, 0.29) is 5.91 Å². The number of carbonyl (C=O) groups is 1. The first-order chi connectivity index (χ1) is 13.1. The minimum atomic E-state index is 0.0233. The van der Waals surface area contributed by atoms with Gasteiger partial charge in [-0.3, -0.25) is 9.69 Å². The van der Waals surface area contributed by atoms with E-state index in [1.165, 1.54) is 36.9 Å². The van der Waals surface area contributed by atoms with Crippen molar-refractivity contribution in [2.75, 3.05) is 32.1 Å². The average molecular weight is 366 g/mol. The summed E-state index contributed by atoms with van der Waals surface area (Å²) in [6.45, 7) is 4.11. The molecule has 2 aromatic carbocycles. The van der Waals surface area contributed by atoms with Gasteiger partial charge in [0, 0.05) is 45.0 Å². The van der Waals surface area contributed by atoms with Crippen LogP contribution >= 0.6 is 0 Å². The number of hydrogen-bond donors (Lipinski definition) is 1. The Balaban J connectivity index is 1.25. The largest absolute Gasteiger partial charge is 0.378 e. The molecule has 1 aliphatic rings. The molecule has 144 valence electrons. The van der Waals surface area contributed by atoms with Crippen LogP contribution in [0.4, 0.5) is 5.69 Å². The molecule has 2 aromatic rings. The number of nitrogens with one attached hydrogen (secondary N) is 1. The summed E-state index contributed by atoms with van der Waals surface area (Å²) in [7, 11) is 4.00. The lowest BCUT2D eigenvalue weighted by Crippen LogP contribution is -2.24. The van der Waals surface area contributed by atoms with Crippen molar-refractivity contribution in [2.24, 2.45) is 0 Å². The Morgan fingerprint density at radius 2 is 1.56 bits per heavy atom. The summed E-state index contributed by atoms with van der Waals surface area (Å²) in [5, 5.41) is 3.03. The van der Waals surface area contributed by atoms with E-state index in [1.807, 2.05) is 43.3 Å². The number of carbonyl (C=O) groups excluding carboxylic acids is 1. The fourth-order valence-corrected chi connectivity index (χ4v) is 3.59. The number of anilines is 1. The molecule has 1 N–H and O–H groups in total. The predicted molar refractivity (Wildman–Crippen MR) is 112 cm³/mol. The van der Waals surface area contributed by atoms with Crippen LogP contribution in [0.2, 0.25) is 0 Å². The van der Waals surface area contributed by atoms with Gasteiger partial charge in [0.15, 0.2) is 0 Å². The number of rotatable bonds is 9. The summed E-state index contributed by atoms with van der Waals surface area (Å²) in [5.74, 6) is 0.0233. The van der Waals surface area contributed by atoms with Gasteiger partial charge in [0.25, 0.3) is 5.91 Å². The molecule has 0 atom stereocenters. The second kappa shape index (κ2) is 9.56. The SMILES string of the molecule is CN(C)c1ccc(C(=O)NCCCCCCN2Cc3ccccc3C2)cc1. The second-order valence-electron chi connectivity index (χ2n) is 7.59. The molecule has 1 heterocycles. The highest BCUT2D eigenvalue weighted by molar-refractivity contribution is 5.94. The molecule has 0 aromatic heterocycles. The van der Waals surface area contributed by atoms with Crippen molar-refractivity contribution < 1.29 is 4.79 Å². The molecule has 1 amide bonds. The lowest BCUT2D eigenvalue weighted by Gasteiger charge is -2.14. The Morgan fingerprint density at radius 1 is 0.926 bits per heavy atom. The van der Waals surface area contributed by atoms with Crippen LogP contribution in [-0.4, -0.2) is 38.0 Å². The van der Waals surface area contributed by atoms with Crippen LogP contribution in [0.1, 0.15) is 47.2 Å². The minimum absolute atomic E-state index is 0.0233. The first-order valence-corrected chi connectivity index (χ1v) is 9.98. The molecule has 4 heteroatoms. The highest BCUT2D eigenvalue weighted by atomic mass is 16.1. The topological polar surface area (TPSA) is 35.6 Å². The molecule has 0 spiro atoms. The van der Waals surface area contributed by atoms with Crippen LogP contribution in [0.5, 0.6) is 0 Å². The Hall–Kier alpha value is -2.33. The number of nitrogens with zero attached hydrogens (tertiary/aromatic N) is 2. The van der Waals surface area contributed by atoms with Gasteiger partial charge < -0.3 is 10.2 Å². The van der Waals surface area contributed by atoms with Crippen LogP contribution in [-0.2, 0) is 13.1 Å². The zero-order valence-electron chi connectivity index (χ0n) is 16.6. The van der Waals surface area contributed by atoms with Gasteiger partial charge in [-0.2, -0.15) is 0 Å². The predicted octanol–water partition coefficient (Wildman–Crippen LogP) is 4.06. The van der Waals surface area contributed by atoms with Crippen molar-refractivity contribution in [1.29, 1.82) is 0 Å². The molecule has 0 unspecified atom stereocenters. The molecule has 27 heavy (non-hydrogen) atoms. The van der Waals surface area contributed by atoms with Gasteiger partial charge in [0.1, 0.15) is 0 Å². The van der Waals surface area contributed by atoms with Crippen molar-refractivity contribution in [3.05, 3.63) is 65.2 Å². The zero-order valence-corrected chi connectivity index (χ0v) is 16.6. The Kier molecular flexibility index (Phi) is 6.88. The maximum Gasteiger partial charge on any atom is 0.251 e. The van der Waals surface area contributed by atoms with Crippen LogP contribution < -0.4 is 10.2 Å². The minimum Gasteiger partial charge on any atom is -0.378 e. The van der Waals surface area contributed by atoms with E-state index >= 15 is 0 Å². The molecule has 4 nitrogen and oxygen atoms in total. The molecular formula is C23H31N3O. The maximum absolute atomic E-state index is 12.2. The van der Waals surface area contributed by atoms with Gasteiger partial charge in [-0.05, 0) is 54.8 Å². The molecule has 0 bridgehead atoms. The zero-order chi connectivity index (χ0) is 19.1.